The van der Waals surface area contributed by atoms with Gasteiger partial charge in [0.2, 0.25) is 59.5 Å². The smallest absolute Gasteiger partial charge is 0.252 e. The SMILES string of the molecule is CC(C)C[C@]([C]=O)(c1ccccc1)N(C(=O)[C@H](NC(=O)[C@H](C)NC(=O)[C@@H](Cc1c[nH]c2ccccc12)NC(=O)[C@H](CC(N)=O)NC(=O)[C@H](C)NC(=O)[C@@H]1CCCN1C(=O)[C@H](Cc1cccnc1)NC(=O)[C@@H]1CCCN1C(=O)[C@H](N)CCCCNC(=O)c1cccnc1)C(Cl)c1cnccc1Cl)c1ccccc1. The number of likely N-dealkylation sites (tertiary alicyclic amines) is 2. The number of halogens is 2. The molecule has 0 aliphatic carbocycles. The second-order valence-electron chi connectivity index (χ2n) is 27.1. The number of alkyl halides is 1. The summed E-state index contributed by atoms with van der Waals surface area (Å²) in [6.07, 6.45) is 14.2. The molecule has 2 aliphatic rings. The molecule has 107 heavy (non-hydrogen) atoms. The monoisotopic (exact) mass is 1500 g/mol. The Morgan fingerprint density at radius 3 is 1.90 bits per heavy atom. The van der Waals surface area contributed by atoms with E-state index in [-0.39, 0.29) is 73.3 Å². The average molecular weight is 1500 g/mol. The molecule has 11 atom stereocenters. The number of carbonyl (C=O) groups excluding carboxylic acids is 12. The molecule has 7 aromatic rings. The van der Waals surface area contributed by atoms with Crippen LogP contribution in [0.5, 0.6) is 0 Å². The molecule has 1 radical (unpaired) electrons. The number of H-pyrrole nitrogens is 1. The summed E-state index contributed by atoms with van der Waals surface area (Å²) in [6.45, 7) is 7.06. The van der Waals surface area contributed by atoms with Crippen LogP contribution in [0.4, 0.5) is 5.69 Å². The normalized spacial score (nSPS) is 16.9. The third-order valence-electron chi connectivity index (χ3n) is 18.9. The minimum atomic E-state index is -1.80. The standard InChI is InChI=1S/C77H89Cl2N16O12/c1-46(2)40-77(45-96,52-21-7-5-8-22-52)95(53-23-9-6-10-24-53)76(107)66(65(79)55-44-84-34-30-56(55)78)92-68(99)48(4)87-70(101)59(38-51-43-86-58-27-12-11-25-54(51)58)90-71(102)60(39-64(81)97)89-67(98)47(3)88-72(103)62-28-18-36-94(62)75(106)61(37-49-19-15-31-82-41-49)91-73(104)63-29-17-35-93(63)74(105)57(80)26-13-14-33-85-69(100)50-20-16-32-83-42-50/h5-12,15-16,19-25,27,30-32,34,41-44,46-48,57,59-63,65-66,86H,13-14,17-18,26,28-29,33,35-40,80H2,1-4H3,(H2,81,97)(H,85,100)(H,87,101)(H,88,103)(H,89,98)(H,90,102)(H,91,104)(H,92,99)/t47-,48-,57+,59+,60-,61-,62-,63-,65?,66+,77-/m0/s1. The Morgan fingerprint density at radius 2 is 1.25 bits per heavy atom. The summed E-state index contributed by atoms with van der Waals surface area (Å²) in [6, 6.07) is 19.8. The van der Waals surface area contributed by atoms with Crippen LogP contribution in [0.2, 0.25) is 5.02 Å². The Morgan fingerprint density at radius 1 is 0.645 bits per heavy atom. The summed E-state index contributed by atoms with van der Waals surface area (Å²) in [4.78, 5) is 190. The van der Waals surface area contributed by atoms with E-state index in [0.717, 1.165) is 0 Å². The predicted octanol–water partition coefficient (Wildman–Crippen LogP) is 4.59. The van der Waals surface area contributed by atoms with Crippen LogP contribution in [0.3, 0.4) is 0 Å². The molecular weight excluding hydrogens is 1410 g/mol. The first-order valence-corrected chi connectivity index (χ1v) is 36.4. The molecule has 0 bridgehead atoms. The van der Waals surface area contributed by atoms with Gasteiger partial charge in [-0.3, -0.25) is 77.4 Å². The maximum Gasteiger partial charge on any atom is 0.252 e. The molecule has 4 aromatic heterocycles. The lowest BCUT2D eigenvalue weighted by Gasteiger charge is -2.43. The number of nitrogens with one attached hydrogen (secondary N) is 8. The molecule has 12 N–H and O–H groups in total. The van der Waals surface area contributed by atoms with Gasteiger partial charge < -0.3 is 63.5 Å². The number of aromatic nitrogens is 4. The highest BCUT2D eigenvalue weighted by Crippen LogP contribution is 2.40. The maximum atomic E-state index is 15.8. The summed E-state index contributed by atoms with van der Waals surface area (Å²) in [5, 5.41) is 18.1. The molecule has 9 rings (SSSR count). The predicted molar refractivity (Wildman–Crippen MR) is 400 cm³/mol. The van der Waals surface area contributed by atoms with E-state index in [9.17, 15) is 52.7 Å². The van der Waals surface area contributed by atoms with Gasteiger partial charge in [0.05, 0.1) is 23.4 Å². The number of pyridine rings is 3. The number of rotatable bonds is 35. The molecule has 0 spiro atoms. The number of unbranched alkanes of at least 4 members (excludes halogenated alkanes) is 1. The van der Waals surface area contributed by atoms with Crippen LogP contribution in [-0.4, -0.2) is 175 Å². The minimum Gasteiger partial charge on any atom is -0.370 e. The van der Waals surface area contributed by atoms with Crippen molar-refractivity contribution in [2.24, 2.45) is 17.4 Å². The highest BCUT2D eigenvalue weighted by atomic mass is 35.5. The van der Waals surface area contributed by atoms with Gasteiger partial charge >= 0.3 is 0 Å². The highest BCUT2D eigenvalue weighted by Gasteiger charge is 2.49. The van der Waals surface area contributed by atoms with Crippen molar-refractivity contribution in [1.29, 1.82) is 0 Å². The van der Waals surface area contributed by atoms with Crippen molar-refractivity contribution in [3.05, 3.63) is 191 Å². The number of nitrogens with two attached hydrogens (primary N) is 2. The highest BCUT2D eigenvalue weighted by molar-refractivity contribution is 6.33. The molecule has 2 aliphatic heterocycles. The van der Waals surface area contributed by atoms with Crippen molar-refractivity contribution < 1.29 is 57.5 Å². The van der Waals surface area contributed by atoms with Crippen molar-refractivity contribution >= 4 is 111 Å². The van der Waals surface area contributed by atoms with E-state index < -0.39 is 131 Å². The maximum absolute atomic E-state index is 15.8. The molecule has 3 aromatic carbocycles. The van der Waals surface area contributed by atoms with E-state index in [1.165, 1.54) is 59.4 Å². The molecule has 30 heteroatoms. The van der Waals surface area contributed by atoms with Gasteiger partial charge in [0.1, 0.15) is 53.9 Å². The zero-order valence-corrected chi connectivity index (χ0v) is 61.3. The molecule has 28 nitrogen and oxygen atoms in total. The van der Waals surface area contributed by atoms with Gasteiger partial charge in [-0.2, -0.15) is 0 Å². The van der Waals surface area contributed by atoms with Crippen LogP contribution in [0.25, 0.3) is 10.9 Å². The number of anilines is 1. The fourth-order valence-corrected chi connectivity index (χ4v) is 14.1. The zero-order chi connectivity index (χ0) is 76.9. The summed E-state index contributed by atoms with van der Waals surface area (Å²) >= 11 is 14.0. The fraction of sp³-hybridized carbons (Fsp3) is 0.390. The van der Waals surface area contributed by atoms with E-state index in [1.54, 1.807) is 128 Å². The lowest BCUT2D eigenvalue weighted by atomic mass is 9.80. The first kappa shape index (κ1) is 80.1. The van der Waals surface area contributed by atoms with Crippen LogP contribution in [0.15, 0.2) is 159 Å². The number of carbonyl (C=O) groups is 11. The third kappa shape index (κ3) is 20.6. The van der Waals surface area contributed by atoms with Gasteiger partial charge in [-0.1, -0.05) is 98.2 Å². The van der Waals surface area contributed by atoms with Crippen LogP contribution in [0.1, 0.15) is 123 Å². The summed E-state index contributed by atoms with van der Waals surface area (Å²) in [5.41, 5.74) is 13.3. The number of fused-ring (bicyclic) bond motifs is 1. The van der Waals surface area contributed by atoms with Crippen molar-refractivity contribution in [3.8, 4) is 0 Å². The van der Waals surface area contributed by atoms with E-state index in [2.05, 4.69) is 63.4 Å². The van der Waals surface area contributed by atoms with E-state index in [4.69, 9.17) is 34.7 Å². The lowest BCUT2D eigenvalue weighted by Crippen LogP contribution is -2.61. The molecule has 1 unspecified atom stereocenters. The second-order valence-corrected chi connectivity index (χ2v) is 28.0. The summed E-state index contributed by atoms with van der Waals surface area (Å²) in [5.74, 6) is -8.78. The fourth-order valence-electron chi connectivity index (χ4n) is 13.5. The van der Waals surface area contributed by atoms with Gasteiger partial charge in [0, 0.05) is 103 Å². The number of hydrogen-bond acceptors (Lipinski definition) is 16. The summed E-state index contributed by atoms with van der Waals surface area (Å²) < 4.78 is 0. The van der Waals surface area contributed by atoms with Crippen molar-refractivity contribution in [1.82, 2.24) is 67.0 Å². The number of benzene rings is 3. The Balaban J connectivity index is 0.881. The Hall–Kier alpha value is -11.0. The first-order chi connectivity index (χ1) is 51.4. The van der Waals surface area contributed by atoms with Crippen molar-refractivity contribution in [2.45, 2.75) is 164 Å². The zero-order valence-electron chi connectivity index (χ0n) is 59.8. The molecule has 6 heterocycles. The van der Waals surface area contributed by atoms with Gasteiger partial charge in [-0.15, -0.1) is 11.6 Å². The molecule has 11 amide bonds. The second kappa shape index (κ2) is 37.8. The van der Waals surface area contributed by atoms with Crippen molar-refractivity contribution in [3.63, 3.8) is 0 Å². The summed E-state index contributed by atoms with van der Waals surface area (Å²) in [7, 11) is 0. The topological polar surface area (TPSA) is 405 Å². The molecule has 2 fully saturated rings. The number of amides is 11. The first-order valence-electron chi connectivity index (χ1n) is 35.6. The average Bonchev–Trinajstić information content (AvgIpc) is 1.51. The van der Waals surface area contributed by atoms with Gasteiger partial charge in [-0.05, 0) is 130 Å². The number of nitrogens with zero attached hydrogens (tertiary/aromatic N) is 6. The molecule has 563 valence electrons. The van der Waals surface area contributed by atoms with Gasteiger partial charge in [-0.25, -0.2) is 0 Å². The van der Waals surface area contributed by atoms with Crippen LogP contribution >= 0.6 is 23.2 Å². The lowest BCUT2D eigenvalue weighted by molar-refractivity contribution is -0.144. The largest absolute Gasteiger partial charge is 0.370 e. The quantitative estimate of drug-likeness (QED) is 0.0192. The Labute approximate surface area is 629 Å². The number of para-hydroxylation sites is 2. The van der Waals surface area contributed by atoms with Crippen molar-refractivity contribution in [2.75, 3.05) is 24.5 Å². The van der Waals surface area contributed by atoms with E-state index in [0.29, 0.717) is 71.8 Å². The van der Waals surface area contributed by atoms with Crippen LogP contribution < -0.4 is 53.6 Å². The van der Waals surface area contributed by atoms with Gasteiger partial charge in [0.15, 0.2) is 0 Å². The number of aromatic amines is 1. The van der Waals surface area contributed by atoms with Crippen LogP contribution in [-0.2, 0) is 71.1 Å². The Bertz CT molecular complexity index is 4300. The molecule has 2 saturated heterocycles. The molecule has 0 saturated carbocycles. The van der Waals surface area contributed by atoms with E-state index in [1.807, 2.05) is 13.8 Å². The number of primary amides is 1. The van der Waals surface area contributed by atoms with Crippen LogP contribution in [0, 0.1) is 5.92 Å². The minimum absolute atomic E-state index is 0.0460. The third-order valence-corrected chi connectivity index (χ3v) is 19.7. The van der Waals surface area contributed by atoms with Gasteiger partial charge in [0.25, 0.3) is 11.8 Å². The van der Waals surface area contributed by atoms with E-state index >= 15 is 4.79 Å². The number of hydrogen-bond donors (Lipinski definition) is 10. The Kier molecular flexibility index (Phi) is 28.3. The molecular formula is C77H89Cl2N16O12.